The van der Waals surface area contributed by atoms with Crippen molar-refractivity contribution in [2.45, 2.75) is 20.0 Å². The lowest BCUT2D eigenvalue weighted by atomic mass is 10.1. The van der Waals surface area contributed by atoms with Crippen molar-refractivity contribution in [1.82, 2.24) is 0 Å². The van der Waals surface area contributed by atoms with Crippen LogP contribution in [0.15, 0.2) is 18.2 Å². The molecule has 0 saturated heterocycles. The maximum absolute atomic E-state index is 8.97. The Morgan fingerprint density at radius 2 is 2.21 bits per heavy atom. The Balaban J connectivity index is 2.82. The first-order chi connectivity index (χ1) is 6.77. The summed E-state index contributed by atoms with van der Waals surface area (Å²) in [6.07, 6.45) is 0.711. The van der Waals surface area contributed by atoms with E-state index >= 15 is 0 Å². The molecule has 0 heterocycles. The van der Waals surface area contributed by atoms with Gasteiger partial charge in [-0.3, -0.25) is 0 Å². The molecule has 0 unspecified atom stereocenters. The molecule has 0 saturated carbocycles. The number of benzene rings is 1. The molecule has 0 bridgehead atoms. The van der Waals surface area contributed by atoms with Crippen molar-refractivity contribution in [3.63, 3.8) is 0 Å². The molecule has 1 nitrogen and oxygen atoms in total. The first kappa shape index (κ1) is 11.1. The van der Waals surface area contributed by atoms with E-state index in [1.165, 1.54) is 0 Å². The summed E-state index contributed by atoms with van der Waals surface area (Å²) in [4.78, 5) is 0. The van der Waals surface area contributed by atoms with Gasteiger partial charge in [0, 0.05) is 17.9 Å². The summed E-state index contributed by atoms with van der Waals surface area (Å²) in [6, 6.07) is 5.80. The van der Waals surface area contributed by atoms with Crippen LogP contribution in [0.4, 0.5) is 0 Å². The van der Waals surface area contributed by atoms with E-state index in [-0.39, 0.29) is 6.61 Å². The highest BCUT2D eigenvalue weighted by atomic mass is 35.5. The molecule has 0 aliphatic carbocycles. The van der Waals surface area contributed by atoms with E-state index in [1.54, 1.807) is 0 Å². The molecule has 0 fully saturated rings. The largest absolute Gasteiger partial charge is 0.392 e. The Hall–Kier alpha value is -0.970. The maximum atomic E-state index is 8.97. The van der Waals surface area contributed by atoms with Crippen LogP contribution in [0.3, 0.4) is 0 Å². The average molecular weight is 209 g/mol. The zero-order valence-corrected chi connectivity index (χ0v) is 8.93. The zero-order chi connectivity index (χ0) is 10.4. The highest BCUT2D eigenvalue weighted by Crippen LogP contribution is 2.10. The molecule has 74 valence electrons. The first-order valence-corrected chi connectivity index (χ1v) is 5.06. The summed E-state index contributed by atoms with van der Waals surface area (Å²) in [7, 11) is 0. The van der Waals surface area contributed by atoms with Crippen LogP contribution < -0.4 is 0 Å². The molecule has 0 aliphatic heterocycles. The van der Waals surface area contributed by atoms with Crippen LogP contribution in [0.5, 0.6) is 0 Å². The van der Waals surface area contributed by atoms with E-state index in [2.05, 4.69) is 11.8 Å². The number of aliphatic hydroxyl groups is 1. The number of alkyl halides is 1. The van der Waals surface area contributed by atoms with Gasteiger partial charge in [-0.25, -0.2) is 0 Å². The van der Waals surface area contributed by atoms with Crippen LogP contribution in [0.1, 0.15) is 23.1 Å². The second kappa shape index (κ2) is 5.70. The third kappa shape index (κ3) is 3.06. The molecule has 0 spiro atoms. The predicted molar refractivity (Wildman–Crippen MR) is 59.3 cm³/mol. The fraction of sp³-hybridized carbons (Fsp3) is 0.333. The molecule has 1 aromatic rings. The van der Waals surface area contributed by atoms with Gasteiger partial charge in [-0.1, -0.05) is 17.9 Å². The van der Waals surface area contributed by atoms with E-state index in [0.29, 0.717) is 12.3 Å². The molecular formula is C12H13ClO. The van der Waals surface area contributed by atoms with Crippen molar-refractivity contribution in [3.05, 3.63) is 34.9 Å². The lowest BCUT2D eigenvalue weighted by molar-refractivity contribution is 0.281. The molecule has 0 atom stereocenters. The van der Waals surface area contributed by atoms with Crippen LogP contribution >= 0.6 is 11.6 Å². The minimum atomic E-state index is 0.0845. The predicted octanol–water partition coefficient (Wildman–Crippen LogP) is 2.47. The molecule has 0 aromatic heterocycles. The summed E-state index contributed by atoms with van der Waals surface area (Å²) in [5, 5.41) is 8.97. The summed E-state index contributed by atoms with van der Waals surface area (Å²) < 4.78 is 0. The summed E-state index contributed by atoms with van der Waals surface area (Å²) >= 11 is 5.51. The molecule has 14 heavy (non-hydrogen) atoms. The standard InChI is InChI=1S/C12H13ClO/c1-10-8-11(4-2-3-7-13)5-6-12(10)9-14/h5-6,8,14H,3,7,9H2,1H3. The Morgan fingerprint density at radius 3 is 2.79 bits per heavy atom. The minimum absolute atomic E-state index is 0.0845. The molecule has 0 radical (unpaired) electrons. The van der Waals surface area contributed by atoms with Gasteiger partial charge in [0.25, 0.3) is 0 Å². The van der Waals surface area contributed by atoms with Crippen LogP contribution in [-0.4, -0.2) is 11.0 Å². The Kier molecular flexibility index (Phi) is 4.52. The fourth-order valence-corrected chi connectivity index (χ4v) is 1.26. The van der Waals surface area contributed by atoms with Gasteiger partial charge in [-0.15, -0.1) is 11.6 Å². The van der Waals surface area contributed by atoms with Crippen molar-refractivity contribution in [2.24, 2.45) is 0 Å². The quantitative estimate of drug-likeness (QED) is 0.585. The zero-order valence-electron chi connectivity index (χ0n) is 8.18. The average Bonchev–Trinajstić information content (AvgIpc) is 2.18. The van der Waals surface area contributed by atoms with Crippen molar-refractivity contribution >= 4 is 11.6 Å². The highest BCUT2D eigenvalue weighted by molar-refractivity contribution is 6.18. The first-order valence-electron chi connectivity index (χ1n) is 4.53. The van der Waals surface area contributed by atoms with Gasteiger partial charge in [0.2, 0.25) is 0 Å². The van der Waals surface area contributed by atoms with Crippen LogP contribution in [-0.2, 0) is 6.61 Å². The Morgan fingerprint density at radius 1 is 1.43 bits per heavy atom. The second-order valence-corrected chi connectivity index (χ2v) is 3.42. The topological polar surface area (TPSA) is 20.2 Å². The van der Waals surface area contributed by atoms with Crippen LogP contribution in [0.2, 0.25) is 0 Å². The molecular weight excluding hydrogens is 196 g/mol. The number of hydrogen-bond donors (Lipinski definition) is 1. The smallest absolute Gasteiger partial charge is 0.0684 e. The van der Waals surface area contributed by atoms with E-state index in [4.69, 9.17) is 16.7 Å². The van der Waals surface area contributed by atoms with E-state index in [1.807, 2.05) is 25.1 Å². The number of halogens is 1. The van der Waals surface area contributed by atoms with Gasteiger partial charge in [-0.2, -0.15) is 0 Å². The molecule has 1 rings (SSSR count). The van der Waals surface area contributed by atoms with Crippen molar-refractivity contribution in [2.75, 3.05) is 5.88 Å². The third-order valence-corrected chi connectivity index (χ3v) is 2.15. The summed E-state index contributed by atoms with van der Waals surface area (Å²) in [5.74, 6) is 6.56. The van der Waals surface area contributed by atoms with Gasteiger partial charge in [0.1, 0.15) is 0 Å². The molecule has 0 amide bonds. The summed E-state index contributed by atoms with van der Waals surface area (Å²) in [6.45, 7) is 2.06. The number of rotatable bonds is 2. The monoisotopic (exact) mass is 208 g/mol. The van der Waals surface area contributed by atoms with Crippen LogP contribution in [0.25, 0.3) is 0 Å². The lowest BCUT2D eigenvalue weighted by Gasteiger charge is -2.01. The number of hydrogen-bond acceptors (Lipinski definition) is 1. The summed E-state index contributed by atoms with van der Waals surface area (Å²) in [5.41, 5.74) is 3.00. The van der Waals surface area contributed by atoms with E-state index < -0.39 is 0 Å². The molecule has 1 N–H and O–H groups in total. The lowest BCUT2D eigenvalue weighted by Crippen LogP contribution is -1.88. The number of aryl methyl sites for hydroxylation is 1. The van der Waals surface area contributed by atoms with Crippen molar-refractivity contribution in [3.8, 4) is 11.8 Å². The van der Waals surface area contributed by atoms with Gasteiger partial charge < -0.3 is 5.11 Å². The van der Waals surface area contributed by atoms with Crippen LogP contribution in [0, 0.1) is 18.8 Å². The minimum Gasteiger partial charge on any atom is -0.392 e. The maximum Gasteiger partial charge on any atom is 0.0684 e. The number of aliphatic hydroxyl groups excluding tert-OH is 1. The van der Waals surface area contributed by atoms with E-state index in [9.17, 15) is 0 Å². The van der Waals surface area contributed by atoms with Crippen molar-refractivity contribution < 1.29 is 5.11 Å². The molecule has 0 aliphatic rings. The van der Waals surface area contributed by atoms with Gasteiger partial charge >= 0.3 is 0 Å². The SMILES string of the molecule is Cc1cc(C#CCCCl)ccc1CO. The Labute approximate surface area is 89.7 Å². The highest BCUT2D eigenvalue weighted by Gasteiger charge is 1.96. The molecule has 2 heteroatoms. The third-order valence-electron chi connectivity index (χ3n) is 1.97. The Bertz CT molecular complexity index is 360. The molecule has 1 aromatic carbocycles. The normalized spacial score (nSPS) is 9.36. The van der Waals surface area contributed by atoms with Gasteiger partial charge in [0.05, 0.1) is 6.61 Å². The van der Waals surface area contributed by atoms with Gasteiger partial charge in [0.15, 0.2) is 0 Å². The van der Waals surface area contributed by atoms with E-state index in [0.717, 1.165) is 16.7 Å². The fourth-order valence-electron chi connectivity index (χ4n) is 1.16. The van der Waals surface area contributed by atoms with Crippen molar-refractivity contribution in [1.29, 1.82) is 0 Å². The second-order valence-electron chi connectivity index (χ2n) is 3.04. The van der Waals surface area contributed by atoms with Gasteiger partial charge in [-0.05, 0) is 30.2 Å².